The topological polar surface area (TPSA) is 40.5 Å². The van der Waals surface area contributed by atoms with Crippen molar-refractivity contribution < 1.29 is 9.90 Å². The van der Waals surface area contributed by atoms with Gasteiger partial charge in [0.2, 0.25) is 0 Å². The fraction of sp³-hybridized carbons (Fsp3) is 0.562. The SMILES string of the molecule is CC(=O)c1cccc(N2CC(CCO)CC2(C)C)c1. The zero-order chi connectivity index (χ0) is 14.0. The number of rotatable bonds is 4. The van der Waals surface area contributed by atoms with Gasteiger partial charge in [0.15, 0.2) is 5.78 Å². The lowest BCUT2D eigenvalue weighted by Gasteiger charge is -2.33. The molecule has 1 unspecified atom stereocenters. The molecule has 0 aliphatic carbocycles. The molecule has 1 N–H and O–H groups in total. The first kappa shape index (κ1) is 14.1. The summed E-state index contributed by atoms with van der Waals surface area (Å²) in [5.74, 6) is 0.631. The Kier molecular flexibility index (Phi) is 3.95. The van der Waals surface area contributed by atoms with Crippen LogP contribution in [-0.4, -0.2) is 29.6 Å². The van der Waals surface area contributed by atoms with Gasteiger partial charge in [-0.2, -0.15) is 0 Å². The zero-order valence-electron chi connectivity index (χ0n) is 12.0. The standard InChI is InChI=1S/C16H23NO2/c1-12(19)14-5-4-6-15(9-14)17-11-13(7-8-18)10-16(17,2)3/h4-6,9,13,18H,7-8,10-11H2,1-3H3. The zero-order valence-corrected chi connectivity index (χ0v) is 12.0. The maximum Gasteiger partial charge on any atom is 0.159 e. The van der Waals surface area contributed by atoms with Crippen molar-refractivity contribution in [1.29, 1.82) is 0 Å². The second-order valence-electron chi connectivity index (χ2n) is 6.11. The Bertz CT molecular complexity index is 468. The Morgan fingerprint density at radius 2 is 2.21 bits per heavy atom. The van der Waals surface area contributed by atoms with E-state index in [1.54, 1.807) is 6.92 Å². The van der Waals surface area contributed by atoms with Gasteiger partial charge in [-0.25, -0.2) is 0 Å². The molecule has 1 aromatic rings. The smallest absolute Gasteiger partial charge is 0.159 e. The summed E-state index contributed by atoms with van der Waals surface area (Å²) in [7, 11) is 0. The van der Waals surface area contributed by atoms with Gasteiger partial charge in [0.1, 0.15) is 0 Å². The van der Waals surface area contributed by atoms with Crippen LogP contribution in [0, 0.1) is 5.92 Å². The van der Waals surface area contributed by atoms with E-state index in [9.17, 15) is 4.79 Å². The highest BCUT2D eigenvalue weighted by Crippen LogP contribution is 2.38. The van der Waals surface area contributed by atoms with E-state index in [0.717, 1.165) is 30.6 Å². The number of anilines is 1. The van der Waals surface area contributed by atoms with Crippen molar-refractivity contribution >= 4 is 11.5 Å². The Morgan fingerprint density at radius 1 is 1.47 bits per heavy atom. The molecule has 1 aliphatic rings. The number of nitrogens with zero attached hydrogens (tertiary/aromatic N) is 1. The number of hydrogen-bond acceptors (Lipinski definition) is 3. The highest BCUT2D eigenvalue weighted by Gasteiger charge is 2.37. The molecule has 1 aliphatic heterocycles. The molecule has 104 valence electrons. The molecule has 1 saturated heterocycles. The third-order valence-corrected chi connectivity index (χ3v) is 4.06. The van der Waals surface area contributed by atoms with Crippen LogP contribution in [0.3, 0.4) is 0 Å². The van der Waals surface area contributed by atoms with E-state index in [-0.39, 0.29) is 17.9 Å². The van der Waals surface area contributed by atoms with Gasteiger partial charge in [-0.15, -0.1) is 0 Å². The lowest BCUT2D eigenvalue weighted by molar-refractivity contribution is 0.101. The lowest BCUT2D eigenvalue weighted by atomic mass is 9.94. The molecule has 0 spiro atoms. The van der Waals surface area contributed by atoms with E-state index in [2.05, 4.69) is 24.8 Å². The maximum atomic E-state index is 11.5. The molecule has 0 bridgehead atoms. The van der Waals surface area contributed by atoms with Gasteiger partial charge in [0.25, 0.3) is 0 Å². The minimum atomic E-state index is 0.0786. The minimum absolute atomic E-state index is 0.0786. The molecule has 19 heavy (non-hydrogen) atoms. The Morgan fingerprint density at radius 3 is 2.84 bits per heavy atom. The third-order valence-electron chi connectivity index (χ3n) is 4.06. The van der Waals surface area contributed by atoms with Crippen LogP contribution >= 0.6 is 0 Å². The number of carbonyl (C=O) groups excluding carboxylic acids is 1. The summed E-state index contributed by atoms with van der Waals surface area (Å²) in [6.45, 7) is 7.26. The van der Waals surface area contributed by atoms with Gasteiger partial charge in [-0.3, -0.25) is 4.79 Å². The number of benzene rings is 1. The number of carbonyl (C=O) groups is 1. The molecular weight excluding hydrogens is 238 g/mol. The van der Waals surface area contributed by atoms with Crippen LogP contribution in [0.4, 0.5) is 5.69 Å². The van der Waals surface area contributed by atoms with Crippen LogP contribution in [-0.2, 0) is 0 Å². The molecule has 2 rings (SSSR count). The van der Waals surface area contributed by atoms with Crippen molar-refractivity contribution in [2.24, 2.45) is 5.92 Å². The van der Waals surface area contributed by atoms with Crippen LogP contribution in [0.5, 0.6) is 0 Å². The molecule has 0 amide bonds. The van der Waals surface area contributed by atoms with Crippen molar-refractivity contribution in [1.82, 2.24) is 0 Å². The van der Waals surface area contributed by atoms with Gasteiger partial charge in [-0.05, 0) is 51.7 Å². The summed E-state index contributed by atoms with van der Waals surface area (Å²) in [5.41, 5.74) is 1.95. The Labute approximate surface area is 115 Å². The van der Waals surface area contributed by atoms with E-state index < -0.39 is 0 Å². The quantitative estimate of drug-likeness (QED) is 0.847. The summed E-state index contributed by atoms with van der Waals surface area (Å²) in [6.07, 6.45) is 1.93. The van der Waals surface area contributed by atoms with Crippen molar-refractivity contribution in [3.63, 3.8) is 0 Å². The van der Waals surface area contributed by atoms with Crippen molar-refractivity contribution in [3.8, 4) is 0 Å². The minimum Gasteiger partial charge on any atom is -0.396 e. The number of aliphatic hydroxyl groups is 1. The number of aliphatic hydroxyl groups excluding tert-OH is 1. The van der Waals surface area contributed by atoms with Crippen molar-refractivity contribution in [3.05, 3.63) is 29.8 Å². The second kappa shape index (κ2) is 5.33. The van der Waals surface area contributed by atoms with E-state index in [1.165, 1.54) is 0 Å². The summed E-state index contributed by atoms with van der Waals surface area (Å²) < 4.78 is 0. The maximum absolute atomic E-state index is 11.5. The highest BCUT2D eigenvalue weighted by atomic mass is 16.3. The van der Waals surface area contributed by atoms with Gasteiger partial charge in [-0.1, -0.05) is 12.1 Å². The average molecular weight is 261 g/mol. The van der Waals surface area contributed by atoms with Gasteiger partial charge < -0.3 is 10.0 Å². The fourth-order valence-corrected chi connectivity index (χ4v) is 3.11. The number of Topliss-reactive ketones (excluding diaryl/α,β-unsaturated/α-hetero) is 1. The number of ketones is 1. The van der Waals surface area contributed by atoms with Crippen LogP contribution < -0.4 is 4.90 Å². The molecule has 1 atom stereocenters. The van der Waals surface area contributed by atoms with Gasteiger partial charge in [0.05, 0.1) is 0 Å². The summed E-state index contributed by atoms with van der Waals surface area (Å²) in [6, 6.07) is 7.85. The second-order valence-corrected chi connectivity index (χ2v) is 6.11. The van der Waals surface area contributed by atoms with E-state index in [0.29, 0.717) is 5.92 Å². The monoisotopic (exact) mass is 261 g/mol. The third kappa shape index (κ3) is 2.98. The summed E-state index contributed by atoms with van der Waals surface area (Å²) in [4.78, 5) is 13.8. The molecule has 1 fully saturated rings. The lowest BCUT2D eigenvalue weighted by Crippen LogP contribution is -2.38. The summed E-state index contributed by atoms with van der Waals surface area (Å²) >= 11 is 0. The molecular formula is C16H23NO2. The molecule has 0 radical (unpaired) electrons. The van der Waals surface area contributed by atoms with Gasteiger partial charge >= 0.3 is 0 Å². The average Bonchev–Trinajstić information content (AvgIpc) is 2.65. The Hall–Kier alpha value is -1.35. The van der Waals surface area contributed by atoms with Crippen LogP contribution in [0.2, 0.25) is 0 Å². The molecule has 0 saturated carbocycles. The fourth-order valence-electron chi connectivity index (χ4n) is 3.11. The van der Waals surface area contributed by atoms with E-state index in [4.69, 9.17) is 5.11 Å². The van der Waals surface area contributed by atoms with Crippen LogP contribution in [0.1, 0.15) is 44.0 Å². The summed E-state index contributed by atoms with van der Waals surface area (Å²) in [5, 5.41) is 9.11. The highest BCUT2D eigenvalue weighted by molar-refractivity contribution is 5.95. The predicted molar refractivity (Wildman–Crippen MR) is 77.7 cm³/mol. The largest absolute Gasteiger partial charge is 0.396 e. The normalized spacial score (nSPS) is 21.7. The van der Waals surface area contributed by atoms with Crippen molar-refractivity contribution in [2.75, 3.05) is 18.1 Å². The predicted octanol–water partition coefficient (Wildman–Crippen LogP) is 2.88. The molecule has 3 heteroatoms. The van der Waals surface area contributed by atoms with Gasteiger partial charge in [0, 0.05) is 29.9 Å². The first-order valence-electron chi connectivity index (χ1n) is 6.93. The number of hydrogen-bond donors (Lipinski definition) is 1. The van der Waals surface area contributed by atoms with E-state index in [1.807, 2.05) is 18.2 Å². The van der Waals surface area contributed by atoms with Crippen molar-refractivity contribution in [2.45, 2.75) is 39.2 Å². The van der Waals surface area contributed by atoms with Crippen LogP contribution in [0.15, 0.2) is 24.3 Å². The first-order valence-corrected chi connectivity index (χ1v) is 6.93. The molecule has 3 nitrogen and oxygen atoms in total. The first-order chi connectivity index (χ1) is 8.94. The van der Waals surface area contributed by atoms with Crippen LogP contribution in [0.25, 0.3) is 0 Å². The molecule has 0 aromatic heterocycles. The van der Waals surface area contributed by atoms with E-state index >= 15 is 0 Å². The molecule has 1 aromatic carbocycles. The molecule has 1 heterocycles. The Balaban J connectivity index is 2.25.